The number of fused-ring (bicyclic) bond motifs is 3. The number of hydrogen-bond acceptors (Lipinski definition) is 4. The molecule has 7 heteroatoms. The van der Waals surface area contributed by atoms with E-state index in [4.69, 9.17) is 4.74 Å². The first-order chi connectivity index (χ1) is 16.4. The summed E-state index contributed by atoms with van der Waals surface area (Å²) in [5.41, 5.74) is 4.55. The molecule has 0 saturated carbocycles. The molecule has 1 aliphatic carbocycles. The highest BCUT2D eigenvalue weighted by atomic mass is 16.5. The van der Waals surface area contributed by atoms with E-state index in [-0.39, 0.29) is 25.4 Å². The fourth-order valence-electron chi connectivity index (χ4n) is 4.40. The Bertz CT molecular complexity index is 990. The van der Waals surface area contributed by atoms with Gasteiger partial charge in [-0.3, -0.25) is 4.79 Å². The van der Waals surface area contributed by atoms with Crippen LogP contribution < -0.4 is 10.6 Å². The van der Waals surface area contributed by atoms with Crippen LogP contribution in [0.2, 0.25) is 0 Å². The zero-order valence-electron chi connectivity index (χ0n) is 19.5. The molecule has 0 saturated heterocycles. The number of carbonyl (C=O) groups excluding carboxylic acids is 2. The van der Waals surface area contributed by atoms with Crippen molar-refractivity contribution < 1.29 is 24.2 Å². The molecular formula is C27H32N2O5. The summed E-state index contributed by atoms with van der Waals surface area (Å²) in [6, 6.07) is 14.8. The van der Waals surface area contributed by atoms with Gasteiger partial charge in [-0.1, -0.05) is 68.0 Å². The van der Waals surface area contributed by atoms with Gasteiger partial charge in [-0.05, 0) is 41.5 Å². The quantitative estimate of drug-likeness (QED) is 0.398. The lowest BCUT2D eigenvalue weighted by molar-refractivity contribution is -0.142. The van der Waals surface area contributed by atoms with Crippen molar-refractivity contribution in [2.75, 3.05) is 6.61 Å². The summed E-state index contributed by atoms with van der Waals surface area (Å²) in [4.78, 5) is 36.4. The third-order valence-electron chi connectivity index (χ3n) is 6.03. The molecule has 0 bridgehead atoms. The number of carboxylic acids is 1. The first-order valence-electron chi connectivity index (χ1n) is 11.7. The van der Waals surface area contributed by atoms with E-state index >= 15 is 0 Å². The average Bonchev–Trinajstić information content (AvgIpc) is 3.14. The number of benzene rings is 2. The van der Waals surface area contributed by atoms with Gasteiger partial charge >= 0.3 is 12.1 Å². The van der Waals surface area contributed by atoms with Crippen molar-refractivity contribution in [1.82, 2.24) is 10.6 Å². The maximum absolute atomic E-state index is 12.6. The molecule has 0 heterocycles. The van der Waals surface area contributed by atoms with Gasteiger partial charge in [0.1, 0.15) is 12.6 Å². The predicted molar refractivity (Wildman–Crippen MR) is 131 cm³/mol. The molecule has 2 unspecified atom stereocenters. The number of amides is 2. The van der Waals surface area contributed by atoms with Gasteiger partial charge in [0, 0.05) is 18.4 Å². The summed E-state index contributed by atoms with van der Waals surface area (Å²) < 4.78 is 5.58. The van der Waals surface area contributed by atoms with E-state index in [1.807, 2.05) is 31.2 Å². The number of aliphatic carboxylic acids is 1. The van der Waals surface area contributed by atoms with Crippen LogP contribution in [-0.4, -0.2) is 41.8 Å². The van der Waals surface area contributed by atoms with E-state index in [9.17, 15) is 19.5 Å². The zero-order chi connectivity index (χ0) is 24.5. The van der Waals surface area contributed by atoms with Crippen molar-refractivity contribution in [3.63, 3.8) is 0 Å². The van der Waals surface area contributed by atoms with Gasteiger partial charge in [-0.2, -0.15) is 0 Å². The van der Waals surface area contributed by atoms with Crippen molar-refractivity contribution in [3.8, 4) is 11.1 Å². The van der Waals surface area contributed by atoms with E-state index in [0.717, 1.165) is 28.7 Å². The van der Waals surface area contributed by atoms with Crippen LogP contribution in [0.25, 0.3) is 11.1 Å². The molecule has 34 heavy (non-hydrogen) atoms. The Labute approximate surface area is 200 Å². The molecule has 2 aromatic carbocycles. The fraction of sp³-hybridized carbons (Fsp3) is 0.370. The van der Waals surface area contributed by atoms with Crippen LogP contribution in [0.4, 0.5) is 4.79 Å². The molecule has 0 fully saturated rings. The number of carboxylic acid groups (broad SMARTS) is 1. The SMILES string of the molecule is C=CCCC(NC(=O)CC(CCC)NC(=O)OCC1c2ccccc2-c2ccccc21)C(=O)O. The van der Waals surface area contributed by atoms with Crippen LogP contribution in [0.5, 0.6) is 0 Å². The molecule has 180 valence electrons. The molecule has 3 N–H and O–H groups in total. The minimum absolute atomic E-state index is 0.0180. The lowest BCUT2D eigenvalue weighted by atomic mass is 9.98. The molecular weight excluding hydrogens is 432 g/mol. The third kappa shape index (κ3) is 6.25. The summed E-state index contributed by atoms with van der Waals surface area (Å²) in [6.07, 6.45) is 3.07. The number of nitrogens with one attached hydrogen (secondary N) is 2. The minimum Gasteiger partial charge on any atom is -0.480 e. The lowest BCUT2D eigenvalue weighted by Crippen LogP contribution is -2.44. The van der Waals surface area contributed by atoms with E-state index in [1.54, 1.807) is 6.08 Å². The Hall–Kier alpha value is -3.61. The molecule has 2 atom stereocenters. The summed E-state index contributed by atoms with van der Waals surface area (Å²) in [5, 5.41) is 14.6. The molecule has 0 aliphatic heterocycles. The molecule has 7 nitrogen and oxygen atoms in total. The second kappa shape index (κ2) is 12.0. The maximum atomic E-state index is 12.6. The zero-order valence-corrected chi connectivity index (χ0v) is 19.5. The van der Waals surface area contributed by atoms with Gasteiger partial charge < -0.3 is 20.5 Å². The van der Waals surface area contributed by atoms with Gasteiger partial charge in [0.25, 0.3) is 0 Å². The molecule has 1 aliphatic rings. The Morgan fingerprint density at radius 2 is 1.65 bits per heavy atom. The number of allylic oxidation sites excluding steroid dienone is 1. The van der Waals surface area contributed by atoms with E-state index in [0.29, 0.717) is 12.8 Å². The second-order valence-corrected chi connectivity index (χ2v) is 8.48. The first-order valence-corrected chi connectivity index (χ1v) is 11.7. The van der Waals surface area contributed by atoms with Gasteiger partial charge in [0.05, 0.1) is 0 Å². The highest BCUT2D eigenvalue weighted by molar-refractivity contribution is 5.84. The number of carbonyl (C=O) groups is 3. The Kier molecular flexibility index (Phi) is 8.85. The Balaban J connectivity index is 1.57. The molecule has 2 amide bonds. The number of rotatable bonds is 12. The fourth-order valence-corrected chi connectivity index (χ4v) is 4.40. The molecule has 3 rings (SSSR count). The van der Waals surface area contributed by atoms with Crippen LogP contribution in [0, 0.1) is 0 Å². The van der Waals surface area contributed by atoms with Crippen molar-refractivity contribution in [2.45, 2.75) is 57.0 Å². The predicted octanol–water partition coefficient (Wildman–Crippen LogP) is 4.62. The third-order valence-corrected chi connectivity index (χ3v) is 6.03. The minimum atomic E-state index is -1.09. The van der Waals surface area contributed by atoms with Crippen LogP contribution >= 0.6 is 0 Å². The van der Waals surface area contributed by atoms with Crippen LogP contribution in [0.15, 0.2) is 61.2 Å². The van der Waals surface area contributed by atoms with Gasteiger partial charge in [0.15, 0.2) is 0 Å². The highest BCUT2D eigenvalue weighted by Gasteiger charge is 2.29. The first kappa shape index (κ1) is 25.0. The van der Waals surface area contributed by atoms with Crippen molar-refractivity contribution in [3.05, 3.63) is 72.3 Å². The Morgan fingerprint density at radius 3 is 2.21 bits per heavy atom. The lowest BCUT2D eigenvalue weighted by Gasteiger charge is -2.20. The van der Waals surface area contributed by atoms with Crippen LogP contribution in [0.3, 0.4) is 0 Å². The number of alkyl carbamates (subject to hydrolysis) is 1. The highest BCUT2D eigenvalue weighted by Crippen LogP contribution is 2.44. The summed E-state index contributed by atoms with van der Waals surface area (Å²) >= 11 is 0. The molecule has 0 aromatic heterocycles. The van der Waals surface area contributed by atoms with E-state index in [1.165, 1.54) is 0 Å². The summed E-state index contributed by atoms with van der Waals surface area (Å²) in [7, 11) is 0. The van der Waals surface area contributed by atoms with Gasteiger partial charge in [-0.15, -0.1) is 6.58 Å². The topological polar surface area (TPSA) is 105 Å². The van der Waals surface area contributed by atoms with Crippen LogP contribution in [-0.2, 0) is 14.3 Å². The molecule has 0 radical (unpaired) electrons. The normalized spacial score (nSPS) is 13.8. The number of ether oxygens (including phenoxy) is 1. The van der Waals surface area contributed by atoms with Gasteiger partial charge in [-0.25, -0.2) is 9.59 Å². The second-order valence-electron chi connectivity index (χ2n) is 8.48. The monoisotopic (exact) mass is 464 g/mol. The van der Waals surface area contributed by atoms with Gasteiger partial charge in [0.2, 0.25) is 5.91 Å². The smallest absolute Gasteiger partial charge is 0.407 e. The van der Waals surface area contributed by atoms with Crippen LogP contribution in [0.1, 0.15) is 56.1 Å². The molecule has 0 spiro atoms. The van der Waals surface area contributed by atoms with Crippen molar-refractivity contribution in [1.29, 1.82) is 0 Å². The van der Waals surface area contributed by atoms with Crippen molar-refractivity contribution >= 4 is 18.0 Å². The average molecular weight is 465 g/mol. The van der Waals surface area contributed by atoms with Crippen molar-refractivity contribution in [2.24, 2.45) is 0 Å². The van der Waals surface area contributed by atoms with E-state index < -0.39 is 30.1 Å². The summed E-state index contributed by atoms with van der Waals surface area (Å²) in [5.74, 6) is -1.56. The number of hydrogen-bond donors (Lipinski definition) is 3. The largest absolute Gasteiger partial charge is 0.480 e. The summed E-state index contributed by atoms with van der Waals surface area (Å²) in [6.45, 7) is 5.72. The Morgan fingerprint density at radius 1 is 1.03 bits per heavy atom. The standard InChI is InChI=1S/C27H32N2O5/c1-3-5-15-24(26(31)32)29-25(30)16-18(10-4-2)28-27(33)34-17-23-21-13-8-6-11-19(21)20-12-7-9-14-22(20)23/h3,6-9,11-14,18,23-24H,1,4-5,10,15-17H2,2H3,(H,28,33)(H,29,30)(H,31,32). The molecule has 2 aromatic rings. The van der Waals surface area contributed by atoms with E-state index in [2.05, 4.69) is 41.5 Å². The maximum Gasteiger partial charge on any atom is 0.407 e.